The van der Waals surface area contributed by atoms with Gasteiger partial charge in [-0.25, -0.2) is 4.98 Å². The number of alkyl halides is 2. The van der Waals surface area contributed by atoms with Crippen molar-refractivity contribution in [2.24, 2.45) is 0 Å². The average molecular weight is 365 g/mol. The number of aromatic amines is 2. The quantitative estimate of drug-likeness (QED) is 0.299. The number of nitrogen functional groups attached to an aromatic ring is 1. The maximum absolute atomic E-state index is 13.1. The number of rotatable bonds is 8. The second kappa shape index (κ2) is 6.98. The molecule has 0 unspecified atom stereocenters. The van der Waals surface area contributed by atoms with Crippen molar-refractivity contribution < 1.29 is 23.1 Å². The summed E-state index contributed by atoms with van der Waals surface area (Å²) in [6, 6.07) is 0. The van der Waals surface area contributed by atoms with Crippen LogP contribution < -0.4 is 16.6 Å². The summed E-state index contributed by atoms with van der Waals surface area (Å²) in [6.07, 6.45) is 0.999. The number of hydrogen-bond acceptors (Lipinski definition) is 5. The number of halogens is 2. The van der Waals surface area contributed by atoms with Crippen molar-refractivity contribution in [3.05, 3.63) is 22.1 Å². The largest absolute Gasteiger partial charge is 0.394 e. The fourth-order valence-electron chi connectivity index (χ4n) is 2.18. The number of hydrogen-bond donors (Lipinski definition) is 6. The molecule has 0 amide bonds. The number of fused-ring (bicyclic) bond motifs is 1. The number of unbranched alkanes of at least 4 members (excludes halogenated alkanes) is 1. The van der Waals surface area contributed by atoms with Crippen molar-refractivity contribution in [1.29, 1.82) is 0 Å². The van der Waals surface area contributed by atoms with E-state index in [0.29, 0.717) is 36.1 Å². The Hall–Kier alpha value is -1.81. The molecule has 12 heteroatoms. The number of aromatic nitrogens is 3. The lowest BCUT2D eigenvalue weighted by Gasteiger charge is -2.17. The van der Waals surface area contributed by atoms with Gasteiger partial charge in [0.05, 0.1) is 0 Å². The van der Waals surface area contributed by atoms with Crippen molar-refractivity contribution in [3.63, 3.8) is 0 Å². The standard InChI is InChI=1S/C12H18F2N5O4P/c13-12(14,24(21,22)23)3-1-2-4-16-5-7-6-17-9-8(7)18-11(15)19-10(9)20/h6,16-17H,1-5H2,(H2,21,22,23)(H3,15,18,19,20). The molecule has 2 aromatic heterocycles. The summed E-state index contributed by atoms with van der Waals surface area (Å²) in [6.45, 7) is 0.702. The minimum atomic E-state index is -5.41. The van der Waals surface area contributed by atoms with Crippen LogP contribution in [-0.4, -0.2) is 36.9 Å². The van der Waals surface area contributed by atoms with Crippen LogP contribution in [0.2, 0.25) is 0 Å². The molecule has 0 atom stereocenters. The molecule has 24 heavy (non-hydrogen) atoms. The van der Waals surface area contributed by atoms with E-state index in [2.05, 4.69) is 20.3 Å². The zero-order chi connectivity index (χ0) is 18.0. The topological polar surface area (TPSA) is 157 Å². The third-order valence-electron chi connectivity index (χ3n) is 3.46. The molecule has 2 rings (SSSR count). The van der Waals surface area contributed by atoms with Crippen LogP contribution in [0.15, 0.2) is 11.0 Å². The fraction of sp³-hybridized carbons (Fsp3) is 0.500. The third kappa shape index (κ3) is 4.18. The maximum Gasteiger partial charge on any atom is 0.394 e. The van der Waals surface area contributed by atoms with Crippen LogP contribution in [0.1, 0.15) is 24.8 Å². The minimum absolute atomic E-state index is 0.00646. The number of nitrogens with one attached hydrogen (secondary N) is 3. The van der Waals surface area contributed by atoms with E-state index < -0.39 is 19.7 Å². The van der Waals surface area contributed by atoms with E-state index in [0.717, 1.165) is 0 Å². The van der Waals surface area contributed by atoms with E-state index in [1.165, 1.54) is 0 Å². The van der Waals surface area contributed by atoms with Gasteiger partial charge in [0.2, 0.25) is 5.95 Å². The Balaban J connectivity index is 1.82. The molecule has 0 saturated carbocycles. The van der Waals surface area contributed by atoms with Gasteiger partial charge in [0.25, 0.3) is 5.56 Å². The molecule has 0 fully saturated rings. The number of nitrogens with two attached hydrogens (primary N) is 1. The molecule has 2 aromatic rings. The van der Waals surface area contributed by atoms with E-state index in [1.54, 1.807) is 6.20 Å². The predicted molar refractivity (Wildman–Crippen MR) is 83.7 cm³/mol. The summed E-state index contributed by atoms with van der Waals surface area (Å²) >= 11 is 0. The molecule has 0 aliphatic heterocycles. The average Bonchev–Trinajstić information content (AvgIpc) is 2.84. The van der Waals surface area contributed by atoms with E-state index in [4.69, 9.17) is 15.5 Å². The molecule has 0 bridgehead atoms. The second-order valence-corrected chi connectivity index (χ2v) is 7.07. The Kier molecular flexibility index (Phi) is 5.38. The lowest BCUT2D eigenvalue weighted by atomic mass is 10.2. The van der Waals surface area contributed by atoms with E-state index >= 15 is 0 Å². The van der Waals surface area contributed by atoms with Gasteiger partial charge in [0, 0.05) is 24.7 Å². The van der Waals surface area contributed by atoms with Crippen LogP contribution >= 0.6 is 7.60 Å². The SMILES string of the molecule is Nc1nc2c(CNCCCCC(F)(F)P(=O)(O)O)c[nH]c2c(=O)[nH]1. The van der Waals surface area contributed by atoms with Gasteiger partial charge in [-0.3, -0.25) is 14.3 Å². The van der Waals surface area contributed by atoms with Gasteiger partial charge in [-0.15, -0.1) is 0 Å². The van der Waals surface area contributed by atoms with Crippen LogP contribution in [-0.2, 0) is 11.1 Å². The normalized spacial score (nSPS) is 12.8. The van der Waals surface area contributed by atoms with Crippen molar-refractivity contribution in [3.8, 4) is 0 Å². The van der Waals surface area contributed by atoms with Gasteiger partial charge in [-0.05, 0) is 19.4 Å². The van der Waals surface area contributed by atoms with Crippen molar-refractivity contribution in [2.45, 2.75) is 31.5 Å². The molecule has 0 aliphatic rings. The first-order chi connectivity index (χ1) is 11.1. The molecular formula is C12H18F2N5O4P. The van der Waals surface area contributed by atoms with Crippen LogP contribution in [0, 0.1) is 0 Å². The van der Waals surface area contributed by atoms with Gasteiger partial charge >= 0.3 is 13.3 Å². The van der Waals surface area contributed by atoms with E-state index in [9.17, 15) is 18.1 Å². The van der Waals surface area contributed by atoms with Gasteiger partial charge in [-0.1, -0.05) is 0 Å². The van der Waals surface area contributed by atoms with Crippen molar-refractivity contribution >= 4 is 24.6 Å². The monoisotopic (exact) mass is 365 g/mol. The predicted octanol–water partition coefficient (Wildman–Crippen LogP) is 0.864. The molecule has 0 radical (unpaired) electrons. The van der Waals surface area contributed by atoms with Gasteiger partial charge < -0.3 is 25.8 Å². The highest BCUT2D eigenvalue weighted by Gasteiger charge is 2.47. The highest BCUT2D eigenvalue weighted by molar-refractivity contribution is 7.53. The lowest BCUT2D eigenvalue weighted by molar-refractivity contribution is 0.0478. The number of nitrogens with zero attached hydrogens (tertiary/aromatic N) is 1. The highest BCUT2D eigenvalue weighted by atomic mass is 31.2. The summed E-state index contributed by atoms with van der Waals surface area (Å²) < 4.78 is 36.7. The highest BCUT2D eigenvalue weighted by Crippen LogP contribution is 2.55. The molecule has 0 aliphatic carbocycles. The first-order valence-corrected chi connectivity index (χ1v) is 8.73. The van der Waals surface area contributed by atoms with Gasteiger partial charge in [0.1, 0.15) is 11.0 Å². The molecule has 2 heterocycles. The molecule has 0 spiro atoms. The Labute approximate surface area is 134 Å². The summed E-state index contributed by atoms with van der Waals surface area (Å²) in [7, 11) is -5.41. The molecule has 0 aromatic carbocycles. The first kappa shape index (κ1) is 18.5. The molecule has 134 valence electrons. The second-order valence-electron chi connectivity index (χ2n) is 5.33. The molecule has 9 nitrogen and oxygen atoms in total. The molecular weight excluding hydrogens is 347 g/mol. The third-order valence-corrected chi connectivity index (χ3v) is 4.53. The Morgan fingerprint density at radius 1 is 1.38 bits per heavy atom. The summed E-state index contributed by atoms with van der Waals surface area (Å²) in [5, 5.41) is 2.99. The van der Waals surface area contributed by atoms with Gasteiger partial charge in [-0.2, -0.15) is 8.78 Å². The smallest absolute Gasteiger partial charge is 0.369 e. The summed E-state index contributed by atoms with van der Waals surface area (Å²) in [4.78, 5) is 37.9. The zero-order valence-corrected chi connectivity index (χ0v) is 13.4. The van der Waals surface area contributed by atoms with E-state index in [-0.39, 0.29) is 17.9 Å². The number of H-pyrrole nitrogens is 2. The molecule has 0 saturated heterocycles. The van der Waals surface area contributed by atoms with Gasteiger partial charge in [0.15, 0.2) is 0 Å². The summed E-state index contributed by atoms with van der Waals surface area (Å²) in [5.41, 5.74) is 2.53. The Bertz CT molecular complexity index is 815. The van der Waals surface area contributed by atoms with Crippen molar-refractivity contribution in [1.82, 2.24) is 20.3 Å². The zero-order valence-electron chi connectivity index (χ0n) is 12.6. The van der Waals surface area contributed by atoms with Crippen molar-refractivity contribution in [2.75, 3.05) is 12.3 Å². The fourth-order valence-corrected chi connectivity index (χ4v) is 2.63. The van der Waals surface area contributed by atoms with Crippen LogP contribution in [0.4, 0.5) is 14.7 Å². The Morgan fingerprint density at radius 3 is 2.75 bits per heavy atom. The minimum Gasteiger partial charge on any atom is -0.369 e. The van der Waals surface area contributed by atoms with Crippen LogP contribution in [0.5, 0.6) is 0 Å². The summed E-state index contributed by atoms with van der Waals surface area (Å²) in [5.74, 6) is -0.00646. The van der Waals surface area contributed by atoms with Crippen LogP contribution in [0.25, 0.3) is 11.0 Å². The maximum atomic E-state index is 13.1. The van der Waals surface area contributed by atoms with E-state index in [1.807, 2.05) is 0 Å². The number of anilines is 1. The Morgan fingerprint density at radius 2 is 2.08 bits per heavy atom. The lowest BCUT2D eigenvalue weighted by Crippen LogP contribution is -2.18. The van der Waals surface area contributed by atoms with Crippen LogP contribution in [0.3, 0.4) is 0 Å². The molecule has 7 N–H and O–H groups in total. The first-order valence-electron chi connectivity index (χ1n) is 7.12.